The van der Waals surface area contributed by atoms with Crippen LogP contribution in [-0.2, 0) is 9.53 Å². The zero-order chi connectivity index (χ0) is 16.1. The van der Waals surface area contributed by atoms with Crippen LogP contribution in [0.25, 0.3) is 16.1 Å². The van der Waals surface area contributed by atoms with Gasteiger partial charge in [0.25, 0.3) is 0 Å². The zero-order valence-corrected chi connectivity index (χ0v) is 12.4. The fraction of sp³-hybridized carbons (Fsp3) is 0.214. The Kier molecular flexibility index (Phi) is 3.06. The van der Waals surface area contributed by atoms with Crippen molar-refractivity contribution in [1.29, 1.82) is 0 Å². The first-order valence-electron chi connectivity index (χ1n) is 6.80. The van der Waals surface area contributed by atoms with E-state index in [9.17, 15) is 14.7 Å². The van der Waals surface area contributed by atoms with Crippen molar-refractivity contribution in [2.75, 3.05) is 6.61 Å². The van der Waals surface area contributed by atoms with Crippen molar-refractivity contribution in [3.8, 4) is 0 Å². The number of aliphatic hydroxyl groups excluding tert-OH is 1. The topological polar surface area (TPSA) is 105 Å². The summed E-state index contributed by atoms with van der Waals surface area (Å²) in [4.78, 5) is 28.6. The van der Waals surface area contributed by atoms with Crippen LogP contribution in [0.5, 0.6) is 0 Å². The number of thioether (sulfide) groups is 1. The van der Waals surface area contributed by atoms with Gasteiger partial charge in [-0.25, -0.2) is 9.78 Å². The number of β-lactam (4-membered cyclic amide) rings is 1. The predicted octanol–water partition coefficient (Wildman–Crippen LogP) is 1.34. The number of nitrogens with zero attached hydrogens (tertiary/aromatic N) is 3. The van der Waals surface area contributed by atoms with Gasteiger partial charge in [0.05, 0.1) is 23.6 Å². The van der Waals surface area contributed by atoms with Gasteiger partial charge < -0.3 is 14.9 Å². The van der Waals surface area contributed by atoms with Gasteiger partial charge in [-0.1, -0.05) is 23.9 Å². The van der Waals surface area contributed by atoms with E-state index >= 15 is 0 Å². The van der Waals surface area contributed by atoms with Gasteiger partial charge in [0.15, 0.2) is 0 Å². The number of hydrogen-bond donors (Lipinski definition) is 2. The largest absolute Gasteiger partial charge is 0.512 e. The summed E-state index contributed by atoms with van der Waals surface area (Å²) in [7, 11) is 0. The zero-order valence-electron chi connectivity index (χ0n) is 11.6. The summed E-state index contributed by atoms with van der Waals surface area (Å²) in [6.07, 6.45) is 0.0612. The van der Waals surface area contributed by atoms with Crippen LogP contribution < -0.4 is 0 Å². The van der Waals surface area contributed by atoms with Crippen molar-refractivity contribution in [2.45, 2.75) is 5.37 Å². The lowest BCUT2D eigenvalue weighted by atomic mass is 10.00. The summed E-state index contributed by atoms with van der Waals surface area (Å²) in [5.74, 6) is -0.939. The molecule has 0 unspecified atom stereocenters. The molecule has 2 N–H and O–H groups in total. The normalized spacial score (nSPS) is 23.2. The standard InChI is InChI=1S/C14H11N3O5S/c18-5-7-10(19)17-11(22-14(20)21)13(23-12(7)17)16-6-15-8-3-1-2-4-9(8)16/h1-4,6-7,12,18H,5H2,(H,20,21)/t7-,12+/m0/s1. The minimum absolute atomic E-state index is 0.0367. The fourth-order valence-corrected chi connectivity index (χ4v) is 4.17. The molecular weight excluding hydrogens is 322 g/mol. The number of imidazole rings is 1. The monoisotopic (exact) mass is 333 g/mol. The average Bonchev–Trinajstić information content (AvgIpc) is 3.06. The highest BCUT2D eigenvalue weighted by Crippen LogP contribution is 2.51. The molecule has 118 valence electrons. The molecular formula is C14H11N3O5S. The van der Waals surface area contributed by atoms with Gasteiger partial charge in [0, 0.05) is 0 Å². The van der Waals surface area contributed by atoms with E-state index in [1.807, 2.05) is 24.3 Å². The second-order valence-corrected chi connectivity index (χ2v) is 6.19. The highest BCUT2D eigenvalue weighted by atomic mass is 32.2. The molecule has 8 nitrogen and oxygen atoms in total. The van der Waals surface area contributed by atoms with Gasteiger partial charge in [-0.3, -0.25) is 14.3 Å². The molecule has 1 fully saturated rings. The molecule has 1 saturated heterocycles. The van der Waals surface area contributed by atoms with E-state index in [-0.39, 0.29) is 23.8 Å². The van der Waals surface area contributed by atoms with Crippen LogP contribution in [0, 0.1) is 5.92 Å². The molecule has 0 radical (unpaired) electrons. The molecule has 0 aliphatic carbocycles. The molecule has 2 aliphatic rings. The third-order valence-electron chi connectivity index (χ3n) is 3.84. The quantitative estimate of drug-likeness (QED) is 0.645. The molecule has 3 heterocycles. The van der Waals surface area contributed by atoms with Crippen molar-refractivity contribution in [3.63, 3.8) is 0 Å². The van der Waals surface area contributed by atoms with Crippen LogP contribution in [0.2, 0.25) is 0 Å². The summed E-state index contributed by atoms with van der Waals surface area (Å²) in [5, 5.41) is 18.4. The summed E-state index contributed by atoms with van der Waals surface area (Å²) >= 11 is 1.28. The number of para-hydroxylation sites is 2. The summed E-state index contributed by atoms with van der Waals surface area (Å²) in [6, 6.07) is 7.37. The Labute approximate surface area is 134 Å². The van der Waals surface area contributed by atoms with Gasteiger partial charge in [0.2, 0.25) is 11.8 Å². The van der Waals surface area contributed by atoms with E-state index in [0.29, 0.717) is 5.03 Å². The van der Waals surface area contributed by atoms with Gasteiger partial charge in [-0.15, -0.1) is 0 Å². The van der Waals surface area contributed by atoms with Crippen molar-refractivity contribution in [3.05, 3.63) is 36.5 Å². The number of hydrogen-bond acceptors (Lipinski definition) is 6. The predicted molar refractivity (Wildman–Crippen MR) is 80.9 cm³/mol. The van der Waals surface area contributed by atoms with E-state index in [4.69, 9.17) is 9.84 Å². The number of carboxylic acid groups (broad SMARTS) is 1. The molecule has 0 saturated carbocycles. The number of rotatable bonds is 3. The Balaban J connectivity index is 1.83. The average molecular weight is 333 g/mol. The van der Waals surface area contributed by atoms with E-state index in [1.54, 1.807) is 10.9 Å². The lowest BCUT2D eigenvalue weighted by Gasteiger charge is -2.40. The van der Waals surface area contributed by atoms with Crippen molar-refractivity contribution in [2.24, 2.45) is 5.92 Å². The maximum Gasteiger partial charge on any atom is 0.512 e. The van der Waals surface area contributed by atoms with Gasteiger partial charge in [0.1, 0.15) is 16.7 Å². The summed E-state index contributed by atoms with van der Waals surface area (Å²) in [6.45, 7) is -0.286. The molecule has 1 amide bonds. The maximum absolute atomic E-state index is 12.1. The number of fused-ring (bicyclic) bond motifs is 2. The third kappa shape index (κ3) is 1.93. The number of amides is 1. The van der Waals surface area contributed by atoms with Crippen molar-refractivity contribution in [1.82, 2.24) is 14.5 Å². The molecule has 1 aromatic carbocycles. The number of aromatic nitrogens is 2. The Bertz CT molecular complexity index is 861. The molecule has 2 atom stereocenters. The molecule has 0 spiro atoms. The number of carbonyl (C=O) groups is 2. The Morgan fingerprint density at radius 3 is 2.91 bits per heavy atom. The van der Waals surface area contributed by atoms with Crippen LogP contribution in [0.4, 0.5) is 4.79 Å². The van der Waals surface area contributed by atoms with E-state index in [2.05, 4.69) is 4.98 Å². The van der Waals surface area contributed by atoms with Crippen molar-refractivity contribution >= 4 is 39.9 Å². The molecule has 0 bridgehead atoms. The second kappa shape index (κ2) is 5.00. The highest BCUT2D eigenvalue weighted by molar-refractivity contribution is 8.08. The second-order valence-electron chi connectivity index (χ2n) is 5.09. The van der Waals surface area contributed by atoms with E-state index in [1.165, 1.54) is 16.7 Å². The SMILES string of the molecule is O=C(O)OC1=C(n2cnc3ccccc32)S[C@@H]2[C@@H](CO)C(=O)N12. The smallest absolute Gasteiger partial charge is 0.449 e. The first-order chi connectivity index (χ1) is 11.1. The number of ether oxygens (including phenoxy) is 1. The van der Waals surface area contributed by atoms with Gasteiger partial charge in [-0.2, -0.15) is 0 Å². The minimum Gasteiger partial charge on any atom is -0.449 e. The molecule has 4 rings (SSSR count). The Morgan fingerprint density at radius 1 is 1.39 bits per heavy atom. The van der Waals surface area contributed by atoms with Crippen molar-refractivity contribution < 1.29 is 24.5 Å². The van der Waals surface area contributed by atoms with Crippen LogP contribution in [0.15, 0.2) is 36.5 Å². The molecule has 23 heavy (non-hydrogen) atoms. The third-order valence-corrected chi connectivity index (χ3v) is 5.22. The van der Waals surface area contributed by atoms with Gasteiger partial charge >= 0.3 is 6.16 Å². The lowest BCUT2D eigenvalue weighted by molar-refractivity contribution is -0.151. The van der Waals surface area contributed by atoms with Crippen LogP contribution >= 0.6 is 11.8 Å². The molecule has 9 heteroatoms. The Hall–Kier alpha value is -2.52. The Morgan fingerprint density at radius 2 is 2.17 bits per heavy atom. The lowest BCUT2D eigenvalue weighted by Crippen LogP contribution is -2.58. The highest BCUT2D eigenvalue weighted by Gasteiger charge is 2.56. The van der Waals surface area contributed by atoms with E-state index in [0.717, 1.165) is 11.0 Å². The molecule has 2 aromatic rings. The first kappa shape index (κ1) is 14.1. The summed E-state index contributed by atoms with van der Waals surface area (Å²) in [5.41, 5.74) is 1.52. The van der Waals surface area contributed by atoms with Crippen LogP contribution in [-0.4, -0.2) is 48.7 Å². The number of carbonyl (C=O) groups excluding carboxylic acids is 1. The number of benzene rings is 1. The van der Waals surface area contributed by atoms with Gasteiger partial charge in [-0.05, 0) is 12.1 Å². The fourth-order valence-electron chi connectivity index (χ4n) is 2.77. The summed E-state index contributed by atoms with van der Waals surface area (Å²) < 4.78 is 6.54. The maximum atomic E-state index is 12.1. The molecule has 1 aromatic heterocycles. The number of aliphatic hydroxyl groups is 1. The minimum atomic E-state index is -1.50. The van der Waals surface area contributed by atoms with E-state index < -0.39 is 12.1 Å². The molecule has 2 aliphatic heterocycles. The van der Waals surface area contributed by atoms with Crippen LogP contribution in [0.3, 0.4) is 0 Å². The first-order valence-corrected chi connectivity index (χ1v) is 7.68. The van der Waals surface area contributed by atoms with Crippen LogP contribution in [0.1, 0.15) is 0 Å².